The van der Waals surface area contributed by atoms with Gasteiger partial charge in [-0.2, -0.15) is 16.9 Å². The van der Waals surface area contributed by atoms with Crippen LogP contribution in [0.1, 0.15) is 17.8 Å². The van der Waals surface area contributed by atoms with E-state index < -0.39 is 0 Å². The van der Waals surface area contributed by atoms with Crippen molar-refractivity contribution in [3.05, 3.63) is 17.5 Å². The molecule has 0 aliphatic heterocycles. The Morgan fingerprint density at radius 3 is 2.80 bits per heavy atom. The second kappa shape index (κ2) is 6.18. The Morgan fingerprint density at radius 1 is 1.60 bits per heavy atom. The van der Waals surface area contributed by atoms with E-state index in [9.17, 15) is 0 Å². The number of hydrogen-bond donors (Lipinski definition) is 1. The monoisotopic (exact) mass is 227 g/mol. The number of aryl methyl sites for hydroxylation is 2. The molecular weight excluding hydrogens is 206 g/mol. The van der Waals surface area contributed by atoms with Gasteiger partial charge in [-0.15, -0.1) is 0 Å². The van der Waals surface area contributed by atoms with Crippen LogP contribution in [0.4, 0.5) is 0 Å². The molecule has 1 aromatic heterocycles. The molecule has 86 valence electrons. The molecule has 4 heteroatoms. The highest BCUT2D eigenvalue weighted by Gasteiger charge is 2.10. The quantitative estimate of drug-likeness (QED) is 0.801. The summed E-state index contributed by atoms with van der Waals surface area (Å²) in [5, 5.41) is 7.73. The van der Waals surface area contributed by atoms with Crippen LogP contribution in [-0.4, -0.2) is 34.9 Å². The topological polar surface area (TPSA) is 29.9 Å². The van der Waals surface area contributed by atoms with Gasteiger partial charge in [-0.05, 0) is 38.5 Å². The number of rotatable bonds is 6. The van der Waals surface area contributed by atoms with E-state index in [1.54, 1.807) is 0 Å². The molecule has 0 aliphatic rings. The fourth-order valence-electron chi connectivity index (χ4n) is 1.72. The first-order valence-corrected chi connectivity index (χ1v) is 6.72. The smallest absolute Gasteiger partial charge is 0.0596 e. The Hall–Kier alpha value is -0.480. The highest BCUT2D eigenvalue weighted by Crippen LogP contribution is 2.09. The van der Waals surface area contributed by atoms with Gasteiger partial charge in [0.1, 0.15) is 0 Å². The zero-order valence-corrected chi connectivity index (χ0v) is 10.9. The lowest BCUT2D eigenvalue weighted by Gasteiger charge is -2.15. The summed E-state index contributed by atoms with van der Waals surface area (Å²) in [5.41, 5.74) is 2.42. The number of nitrogens with zero attached hydrogens (tertiary/aromatic N) is 2. The van der Waals surface area contributed by atoms with Gasteiger partial charge in [0.25, 0.3) is 0 Å². The molecule has 3 nitrogen and oxygen atoms in total. The van der Waals surface area contributed by atoms with Gasteiger partial charge in [0.2, 0.25) is 0 Å². The summed E-state index contributed by atoms with van der Waals surface area (Å²) < 4.78 is 1.98. The molecule has 1 N–H and O–H groups in total. The molecule has 1 heterocycles. The maximum Gasteiger partial charge on any atom is 0.0596 e. The van der Waals surface area contributed by atoms with Crippen molar-refractivity contribution in [1.29, 1.82) is 0 Å². The van der Waals surface area contributed by atoms with E-state index in [1.807, 2.05) is 37.5 Å². The zero-order chi connectivity index (χ0) is 11.3. The molecule has 0 spiro atoms. The molecule has 15 heavy (non-hydrogen) atoms. The number of nitrogens with one attached hydrogen (secondary N) is 1. The molecule has 0 radical (unpaired) electrons. The maximum absolute atomic E-state index is 4.36. The SMILES string of the molecule is CNC(CCSC)Cc1cc(C)nn1C. The minimum Gasteiger partial charge on any atom is -0.317 e. The predicted octanol–water partition coefficient (Wildman–Crippen LogP) is 1.61. The summed E-state index contributed by atoms with van der Waals surface area (Å²) in [5.74, 6) is 1.21. The first kappa shape index (κ1) is 12.6. The van der Waals surface area contributed by atoms with E-state index in [-0.39, 0.29) is 0 Å². The van der Waals surface area contributed by atoms with Crippen LogP contribution in [-0.2, 0) is 13.5 Å². The third-order valence-corrected chi connectivity index (χ3v) is 3.28. The summed E-state index contributed by atoms with van der Waals surface area (Å²) in [4.78, 5) is 0. The largest absolute Gasteiger partial charge is 0.317 e. The summed E-state index contributed by atoms with van der Waals surface area (Å²) >= 11 is 1.90. The lowest BCUT2D eigenvalue weighted by molar-refractivity contribution is 0.526. The molecule has 0 amide bonds. The third kappa shape index (κ3) is 3.87. The number of likely N-dealkylation sites (N-methyl/N-ethyl adjacent to an activating group) is 1. The molecule has 1 unspecified atom stereocenters. The number of thioether (sulfide) groups is 1. The fourth-order valence-corrected chi connectivity index (χ4v) is 2.24. The molecular formula is C11H21N3S. The van der Waals surface area contributed by atoms with Gasteiger partial charge in [-0.1, -0.05) is 0 Å². The van der Waals surface area contributed by atoms with Crippen LogP contribution in [0.5, 0.6) is 0 Å². The number of hydrogen-bond acceptors (Lipinski definition) is 3. The first-order valence-electron chi connectivity index (χ1n) is 5.33. The van der Waals surface area contributed by atoms with Crippen molar-refractivity contribution in [2.75, 3.05) is 19.1 Å². The average Bonchev–Trinajstić information content (AvgIpc) is 2.52. The zero-order valence-electron chi connectivity index (χ0n) is 10.1. The van der Waals surface area contributed by atoms with Gasteiger partial charge in [0.05, 0.1) is 5.69 Å². The number of aromatic nitrogens is 2. The molecule has 1 aromatic rings. The normalized spacial score (nSPS) is 13.1. The van der Waals surface area contributed by atoms with Crippen molar-refractivity contribution in [2.24, 2.45) is 7.05 Å². The minimum absolute atomic E-state index is 0.562. The average molecular weight is 227 g/mol. The molecule has 0 saturated heterocycles. The lowest BCUT2D eigenvalue weighted by atomic mass is 10.1. The Bertz CT molecular complexity index is 296. The summed E-state index contributed by atoms with van der Waals surface area (Å²) in [6.45, 7) is 2.04. The Labute approximate surface area is 96.6 Å². The van der Waals surface area contributed by atoms with Crippen LogP contribution >= 0.6 is 11.8 Å². The third-order valence-electron chi connectivity index (χ3n) is 2.63. The molecule has 1 rings (SSSR count). The van der Waals surface area contributed by atoms with Crippen LogP contribution in [0.2, 0.25) is 0 Å². The van der Waals surface area contributed by atoms with Crippen molar-refractivity contribution in [2.45, 2.75) is 25.8 Å². The highest BCUT2D eigenvalue weighted by molar-refractivity contribution is 7.98. The molecule has 0 aliphatic carbocycles. The van der Waals surface area contributed by atoms with Gasteiger partial charge >= 0.3 is 0 Å². The van der Waals surface area contributed by atoms with Crippen LogP contribution in [0.25, 0.3) is 0 Å². The second-order valence-electron chi connectivity index (χ2n) is 3.87. The van der Waals surface area contributed by atoms with Crippen molar-refractivity contribution in [3.8, 4) is 0 Å². The van der Waals surface area contributed by atoms with Crippen LogP contribution in [0.15, 0.2) is 6.07 Å². The Kier molecular flexibility index (Phi) is 5.19. The van der Waals surface area contributed by atoms with Gasteiger partial charge < -0.3 is 5.32 Å². The van der Waals surface area contributed by atoms with Gasteiger partial charge in [-0.3, -0.25) is 4.68 Å². The van der Waals surface area contributed by atoms with E-state index in [0.717, 1.165) is 12.1 Å². The fraction of sp³-hybridized carbons (Fsp3) is 0.727. The van der Waals surface area contributed by atoms with Gasteiger partial charge in [0.15, 0.2) is 0 Å². The van der Waals surface area contributed by atoms with Crippen molar-refractivity contribution < 1.29 is 0 Å². The lowest BCUT2D eigenvalue weighted by Crippen LogP contribution is -2.29. The molecule has 0 fully saturated rings. The highest BCUT2D eigenvalue weighted by atomic mass is 32.2. The van der Waals surface area contributed by atoms with E-state index >= 15 is 0 Å². The second-order valence-corrected chi connectivity index (χ2v) is 4.86. The summed E-state index contributed by atoms with van der Waals surface area (Å²) in [6.07, 6.45) is 4.43. The predicted molar refractivity (Wildman–Crippen MR) is 67.5 cm³/mol. The Morgan fingerprint density at radius 2 is 2.33 bits per heavy atom. The van der Waals surface area contributed by atoms with Crippen LogP contribution in [0, 0.1) is 6.92 Å². The maximum atomic E-state index is 4.36. The standard InChI is InChI=1S/C11H21N3S/c1-9-7-11(14(3)13-9)8-10(12-2)5-6-15-4/h7,10,12H,5-6,8H2,1-4H3. The van der Waals surface area contributed by atoms with Crippen molar-refractivity contribution in [1.82, 2.24) is 15.1 Å². The minimum atomic E-state index is 0.562. The van der Waals surface area contributed by atoms with E-state index in [4.69, 9.17) is 0 Å². The van der Waals surface area contributed by atoms with E-state index in [1.165, 1.54) is 17.9 Å². The van der Waals surface area contributed by atoms with E-state index in [2.05, 4.69) is 22.7 Å². The van der Waals surface area contributed by atoms with Crippen LogP contribution in [0.3, 0.4) is 0 Å². The molecule has 1 atom stereocenters. The van der Waals surface area contributed by atoms with E-state index in [0.29, 0.717) is 6.04 Å². The first-order chi connectivity index (χ1) is 7.17. The van der Waals surface area contributed by atoms with Crippen LogP contribution < -0.4 is 5.32 Å². The Balaban J connectivity index is 2.54. The molecule has 0 bridgehead atoms. The molecule has 0 aromatic carbocycles. The van der Waals surface area contributed by atoms with Gasteiger partial charge in [0, 0.05) is 25.2 Å². The summed E-state index contributed by atoms with van der Waals surface area (Å²) in [6, 6.07) is 2.73. The van der Waals surface area contributed by atoms with Crippen molar-refractivity contribution in [3.63, 3.8) is 0 Å². The summed E-state index contributed by atoms with van der Waals surface area (Å²) in [7, 11) is 4.05. The van der Waals surface area contributed by atoms with Crippen molar-refractivity contribution >= 4 is 11.8 Å². The molecule has 0 saturated carbocycles. The van der Waals surface area contributed by atoms with Gasteiger partial charge in [-0.25, -0.2) is 0 Å².